The third-order valence-electron chi connectivity index (χ3n) is 8.66. The van der Waals surface area contributed by atoms with Gasteiger partial charge in [-0.05, 0) is 85.9 Å². The largest absolute Gasteiger partial charge is 0.490 e. The van der Waals surface area contributed by atoms with Crippen molar-refractivity contribution in [2.75, 3.05) is 13.2 Å². The summed E-state index contributed by atoms with van der Waals surface area (Å²) in [4.78, 5) is 25.6. The fraction of sp³-hybridized carbons (Fsp3) is 0.486. The van der Waals surface area contributed by atoms with E-state index in [4.69, 9.17) is 47.7 Å². The number of aryl methyl sites for hydroxylation is 1. The van der Waals surface area contributed by atoms with Gasteiger partial charge in [-0.15, -0.1) is 0 Å². The highest BCUT2D eigenvalue weighted by molar-refractivity contribution is 6.34. The van der Waals surface area contributed by atoms with Crippen molar-refractivity contribution in [3.05, 3.63) is 81.6 Å². The quantitative estimate of drug-likeness (QED) is 0.0923. The van der Waals surface area contributed by atoms with E-state index in [2.05, 4.69) is 16.4 Å². The minimum atomic E-state index is -1.75. The third kappa shape index (κ3) is 11.8. The first-order valence-corrected chi connectivity index (χ1v) is 17.7. The maximum Gasteiger partial charge on any atom is 0.300 e. The summed E-state index contributed by atoms with van der Waals surface area (Å²) in [6, 6.07) is 13.8. The van der Waals surface area contributed by atoms with Gasteiger partial charge in [0.25, 0.3) is 5.97 Å². The molecule has 5 rings (SSSR count). The van der Waals surface area contributed by atoms with Gasteiger partial charge in [-0.25, -0.2) is 0 Å². The van der Waals surface area contributed by atoms with Crippen molar-refractivity contribution < 1.29 is 49.7 Å². The molecule has 0 aliphatic heterocycles. The normalized spacial score (nSPS) is 16.9. The molecule has 1 heterocycles. The number of pyridine rings is 1. The summed E-state index contributed by atoms with van der Waals surface area (Å²) < 4.78 is 12.8. The number of carboxylic acids is 1. The zero-order valence-corrected chi connectivity index (χ0v) is 29.9. The van der Waals surface area contributed by atoms with E-state index in [1.807, 2.05) is 42.6 Å². The molecule has 278 valence electrons. The SMILES string of the molecule is CC(=O)O.O=C(CCCCc1cc(Cl)c(COC2(c3cnccc3-c3ccccc3OC3CC3)CC2)cc1Cl)NC[C@H](O)[C@@H](O)[C@H](O)[C@H](O)CO. The van der Waals surface area contributed by atoms with Crippen LogP contribution in [-0.2, 0) is 33.0 Å². The zero-order valence-electron chi connectivity index (χ0n) is 28.4. The first-order valence-electron chi connectivity index (χ1n) is 17.0. The lowest BCUT2D eigenvalue weighted by Gasteiger charge is -2.25. The second-order valence-corrected chi connectivity index (χ2v) is 13.7. The van der Waals surface area contributed by atoms with E-state index in [1.165, 1.54) is 0 Å². The molecule has 0 radical (unpaired) electrons. The Morgan fingerprint density at radius 2 is 1.61 bits per heavy atom. The fourth-order valence-corrected chi connectivity index (χ4v) is 6.02. The number of aliphatic carboxylic acids is 1. The van der Waals surface area contributed by atoms with Gasteiger partial charge in [0.1, 0.15) is 24.1 Å². The molecule has 2 aliphatic rings. The molecule has 1 amide bonds. The van der Waals surface area contributed by atoms with Crippen molar-refractivity contribution in [3.8, 4) is 16.9 Å². The summed E-state index contributed by atoms with van der Waals surface area (Å²) in [7, 11) is 0. The van der Waals surface area contributed by atoms with Crippen LogP contribution in [0.3, 0.4) is 0 Å². The van der Waals surface area contributed by atoms with Crippen LogP contribution in [0.25, 0.3) is 11.1 Å². The van der Waals surface area contributed by atoms with Gasteiger partial charge in [0.15, 0.2) is 0 Å². The molecule has 2 aliphatic carbocycles. The van der Waals surface area contributed by atoms with E-state index in [9.17, 15) is 25.2 Å². The van der Waals surface area contributed by atoms with Crippen molar-refractivity contribution in [1.29, 1.82) is 0 Å². The number of nitrogens with one attached hydrogen (secondary N) is 1. The summed E-state index contributed by atoms with van der Waals surface area (Å²) in [5.74, 6) is -0.301. The monoisotopic (exact) mass is 748 g/mol. The smallest absolute Gasteiger partial charge is 0.300 e. The number of amides is 1. The van der Waals surface area contributed by atoms with E-state index >= 15 is 0 Å². The predicted octanol–water partition coefficient (Wildman–Crippen LogP) is 4.16. The first kappa shape index (κ1) is 40.4. The van der Waals surface area contributed by atoms with Gasteiger partial charge < -0.3 is 45.4 Å². The van der Waals surface area contributed by atoms with Crippen LogP contribution in [-0.4, -0.2) is 91.2 Å². The lowest BCUT2D eigenvalue weighted by Crippen LogP contribution is -2.49. The van der Waals surface area contributed by atoms with Gasteiger partial charge in [-0.1, -0.05) is 41.4 Å². The fourth-order valence-electron chi connectivity index (χ4n) is 5.49. The topological polar surface area (TPSA) is 199 Å². The molecular weight excluding hydrogens is 703 g/mol. The van der Waals surface area contributed by atoms with E-state index in [1.54, 1.807) is 6.20 Å². The molecule has 2 saturated carbocycles. The highest BCUT2D eigenvalue weighted by Gasteiger charge is 2.48. The van der Waals surface area contributed by atoms with E-state index < -0.39 is 42.6 Å². The Kier molecular flexibility index (Phi) is 15.0. The number of halogens is 2. The number of carbonyl (C=O) groups excluding carboxylic acids is 1. The summed E-state index contributed by atoms with van der Waals surface area (Å²) in [6.45, 7) is 0.277. The van der Waals surface area contributed by atoms with Gasteiger partial charge in [0.2, 0.25) is 5.91 Å². The minimum absolute atomic E-state index is 0.178. The summed E-state index contributed by atoms with van der Waals surface area (Å²) in [5, 5.41) is 58.8. The first-order chi connectivity index (χ1) is 24.3. The molecule has 0 spiro atoms. The minimum Gasteiger partial charge on any atom is -0.490 e. The van der Waals surface area contributed by atoms with E-state index in [-0.39, 0.29) is 31.6 Å². The van der Waals surface area contributed by atoms with Crippen molar-refractivity contribution >= 4 is 35.1 Å². The number of aliphatic hydroxyl groups excluding tert-OH is 5. The molecule has 2 aromatic carbocycles. The Balaban J connectivity index is 0.00000138. The molecule has 2 fully saturated rings. The van der Waals surface area contributed by atoms with Crippen LogP contribution >= 0.6 is 23.2 Å². The Morgan fingerprint density at radius 1 is 0.961 bits per heavy atom. The number of nitrogens with zero attached hydrogens (tertiary/aromatic N) is 1. The molecule has 0 unspecified atom stereocenters. The van der Waals surface area contributed by atoms with Gasteiger partial charge >= 0.3 is 0 Å². The molecule has 1 aromatic heterocycles. The number of aromatic nitrogens is 1. The number of hydrogen-bond acceptors (Lipinski definition) is 10. The average molecular weight is 750 g/mol. The highest BCUT2D eigenvalue weighted by atomic mass is 35.5. The molecule has 51 heavy (non-hydrogen) atoms. The van der Waals surface area contributed by atoms with Crippen molar-refractivity contribution in [2.24, 2.45) is 0 Å². The Hall–Kier alpha value is -3.33. The number of rotatable bonds is 18. The van der Waals surface area contributed by atoms with Gasteiger partial charge in [-0.3, -0.25) is 14.6 Å². The van der Waals surface area contributed by atoms with Crippen LogP contribution in [0.2, 0.25) is 10.0 Å². The van der Waals surface area contributed by atoms with Crippen molar-refractivity contribution in [2.45, 2.75) is 101 Å². The summed E-state index contributed by atoms with van der Waals surface area (Å²) in [5.41, 5.74) is 4.27. The number of aliphatic hydroxyl groups is 5. The van der Waals surface area contributed by atoms with Crippen molar-refractivity contribution in [3.63, 3.8) is 0 Å². The van der Waals surface area contributed by atoms with Gasteiger partial charge in [-0.2, -0.15) is 0 Å². The van der Waals surface area contributed by atoms with Gasteiger partial charge in [0.05, 0.1) is 31.0 Å². The number of carbonyl (C=O) groups is 2. The molecule has 12 nitrogen and oxygen atoms in total. The summed E-state index contributed by atoms with van der Waals surface area (Å²) in [6.07, 6.45) is 3.24. The predicted molar refractivity (Wildman–Crippen MR) is 190 cm³/mol. The number of benzene rings is 2. The highest BCUT2D eigenvalue weighted by Crippen LogP contribution is 2.53. The van der Waals surface area contributed by atoms with Crippen LogP contribution in [0.4, 0.5) is 0 Å². The van der Waals surface area contributed by atoms with Crippen LogP contribution in [0, 0.1) is 0 Å². The standard InChI is InChI=1S/C35H42Cl2N2O8.C2H4O2/c36-27-16-22(28(37)15-21(27)5-1-4-8-32(43)39-18-29(41)33(44)34(45)30(42)19-40)20-46-35(12-13-35)26-17-38-14-11-24(26)25-6-2-3-7-31(25)47-23-9-10-23;1-2(3)4/h2-3,6-7,11,14-17,23,29-30,33-34,40-42,44-45H,1,4-5,8-10,12-13,18-20H2,(H,39,43);1H3,(H,3,4)/t29-,30+,33+,34+;/m0./s1. The van der Waals surface area contributed by atoms with Crippen LogP contribution in [0.15, 0.2) is 54.9 Å². The number of para-hydroxylation sites is 1. The average Bonchev–Trinajstić information content (AvgIpc) is 4.06. The Bertz CT molecular complexity index is 1610. The Morgan fingerprint density at radius 3 is 2.27 bits per heavy atom. The molecular formula is C37H46Cl2N2O10. The van der Waals surface area contributed by atoms with Crippen LogP contribution in [0.5, 0.6) is 5.75 Å². The maximum absolute atomic E-state index is 12.2. The van der Waals surface area contributed by atoms with Crippen molar-refractivity contribution in [1.82, 2.24) is 10.3 Å². The maximum atomic E-state index is 12.2. The zero-order chi connectivity index (χ0) is 37.1. The van der Waals surface area contributed by atoms with E-state index in [0.717, 1.165) is 66.2 Å². The number of unbranched alkanes of at least 4 members (excludes halogenated alkanes) is 1. The van der Waals surface area contributed by atoms with E-state index in [0.29, 0.717) is 29.3 Å². The second kappa shape index (κ2) is 19.0. The number of carboxylic acid groups (broad SMARTS) is 1. The molecule has 0 bridgehead atoms. The molecule has 14 heteroatoms. The molecule has 3 aromatic rings. The van der Waals surface area contributed by atoms with Crippen LogP contribution < -0.4 is 10.1 Å². The Labute approximate surface area is 307 Å². The third-order valence-corrected chi connectivity index (χ3v) is 9.37. The second-order valence-electron chi connectivity index (χ2n) is 12.9. The van der Waals surface area contributed by atoms with Gasteiger partial charge in [0, 0.05) is 53.5 Å². The molecule has 7 N–H and O–H groups in total. The summed E-state index contributed by atoms with van der Waals surface area (Å²) >= 11 is 13.3. The number of ether oxygens (including phenoxy) is 2. The van der Waals surface area contributed by atoms with Crippen LogP contribution in [0.1, 0.15) is 68.6 Å². The lowest BCUT2D eigenvalue weighted by molar-refractivity contribution is -0.134. The molecule has 4 atom stereocenters. The lowest BCUT2D eigenvalue weighted by atomic mass is 9.96. The number of hydrogen-bond donors (Lipinski definition) is 7. The molecule has 0 saturated heterocycles.